The van der Waals surface area contributed by atoms with Crippen LogP contribution in [0.1, 0.15) is 12.8 Å². The molecule has 0 aromatic heterocycles. The molecule has 0 spiro atoms. The lowest BCUT2D eigenvalue weighted by Crippen LogP contribution is -2.49. The van der Waals surface area contributed by atoms with Gasteiger partial charge in [-0.1, -0.05) is 0 Å². The van der Waals surface area contributed by atoms with Crippen molar-refractivity contribution in [2.24, 2.45) is 5.73 Å². The zero-order valence-electron chi connectivity index (χ0n) is 12.9. The minimum Gasteiger partial charge on any atom is -0.480 e. The van der Waals surface area contributed by atoms with Crippen LogP contribution in [0.3, 0.4) is 0 Å². The number of thioether (sulfide) groups is 1. The molecule has 0 aliphatic heterocycles. The normalized spacial score (nSPS) is 14.4. The highest BCUT2D eigenvalue weighted by molar-refractivity contribution is 7.99. The van der Waals surface area contributed by atoms with Gasteiger partial charge in [0.2, 0.25) is 11.8 Å². The molecule has 25 heavy (non-hydrogen) atoms. The molecule has 0 saturated carbocycles. The van der Waals surface area contributed by atoms with Crippen LogP contribution in [0.4, 0.5) is 0 Å². The van der Waals surface area contributed by atoms with E-state index in [1.807, 2.05) is 0 Å². The lowest BCUT2D eigenvalue weighted by atomic mass is 10.1. The van der Waals surface area contributed by atoms with Gasteiger partial charge >= 0.3 is 11.9 Å². The van der Waals surface area contributed by atoms with Crippen LogP contribution >= 0.6 is 35.0 Å². The minimum absolute atomic E-state index is 0.140. The second-order valence-corrected chi connectivity index (χ2v) is 7.09. The Morgan fingerprint density at radius 2 is 1.76 bits per heavy atom. The van der Waals surface area contributed by atoms with Crippen LogP contribution in [-0.2, 0) is 19.2 Å². The first-order valence-corrected chi connectivity index (χ1v) is 8.81. The summed E-state index contributed by atoms with van der Waals surface area (Å²) in [7, 11) is 0. The molecule has 0 bridgehead atoms. The molecular weight excluding hydrogens is 401 g/mol. The number of aliphatic hydroxyl groups is 1. The Kier molecular flexibility index (Phi) is 11.5. The molecule has 0 aliphatic rings. The monoisotopic (exact) mass is 419 g/mol. The largest absolute Gasteiger partial charge is 0.480 e. The summed E-state index contributed by atoms with van der Waals surface area (Å²) in [5.41, 5.74) is 4.05. The number of alkyl halides is 2. The summed E-state index contributed by atoms with van der Waals surface area (Å²) in [5, 5.41) is 31.1. The molecule has 10 nitrogen and oxygen atoms in total. The first kappa shape index (κ1) is 23.7. The number of halogens is 2. The second kappa shape index (κ2) is 12.1. The molecule has 0 aromatic carbocycles. The van der Waals surface area contributed by atoms with E-state index in [1.54, 1.807) is 0 Å². The summed E-state index contributed by atoms with van der Waals surface area (Å²) < 4.78 is 0. The summed E-state index contributed by atoms with van der Waals surface area (Å²) in [6, 6.07) is -2.41. The lowest BCUT2D eigenvalue weighted by Gasteiger charge is -2.20. The van der Waals surface area contributed by atoms with Gasteiger partial charge in [0.25, 0.3) is 0 Å². The fourth-order valence-corrected chi connectivity index (χ4v) is 2.62. The van der Waals surface area contributed by atoms with Crippen molar-refractivity contribution in [3.05, 3.63) is 0 Å². The number of hydrogen-bond donors (Lipinski definition) is 6. The molecule has 144 valence electrons. The molecule has 0 saturated heterocycles. The summed E-state index contributed by atoms with van der Waals surface area (Å²) >= 11 is 11.7. The molecule has 0 aliphatic carbocycles. The third-order valence-electron chi connectivity index (χ3n) is 2.71. The van der Waals surface area contributed by atoms with Gasteiger partial charge in [-0.05, 0) is 6.42 Å². The first-order valence-electron chi connectivity index (χ1n) is 6.89. The van der Waals surface area contributed by atoms with Gasteiger partial charge in [0.1, 0.15) is 28.9 Å². The quantitative estimate of drug-likeness (QED) is 0.166. The van der Waals surface area contributed by atoms with Gasteiger partial charge in [0.15, 0.2) is 0 Å². The maximum atomic E-state index is 11.9. The third kappa shape index (κ3) is 11.1. The van der Waals surface area contributed by atoms with Crippen LogP contribution in [0, 0.1) is 0 Å². The number of hydrogen-bond acceptors (Lipinski definition) is 7. The van der Waals surface area contributed by atoms with Gasteiger partial charge in [-0.3, -0.25) is 19.2 Å². The maximum absolute atomic E-state index is 11.9. The SMILES string of the molecule is NC(CCC(=O)NC(CSC(O)C(Cl)Cl)C(=O)NCC(=O)O)C(=O)O. The van der Waals surface area contributed by atoms with Crippen molar-refractivity contribution in [3.63, 3.8) is 0 Å². The Morgan fingerprint density at radius 3 is 2.24 bits per heavy atom. The van der Waals surface area contributed by atoms with Gasteiger partial charge in [-0.25, -0.2) is 0 Å². The second-order valence-electron chi connectivity index (χ2n) is 4.77. The summed E-state index contributed by atoms with van der Waals surface area (Å²) in [4.78, 5) is 43.7. The van der Waals surface area contributed by atoms with Crippen LogP contribution < -0.4 is 16.4 Å². The summed E-state index contributed by atoms with van der Waals surface area (Å²) in [5.74, 6) is -4.13. The smallest absolute Gasteiger partial charge is 0.322 e. The van der Waals surface area contributed by atoms with Gasteiger partial charge in [-0.15, -0.1) is 35.0 Å². The zero-order chi connectivity index (χ0) is 19.6. The Labute approximate surface area is 157 Å². The van der Waals surface area contributed by atoms with Crippen molar-refractivity contribution in [2.45, 2.75) is 35.2 Å². The van der Waals surface area contributed by atoms with E-state index in [0.717, 1.165) is 11.8 Å². The molecule has 0 fully saturated rings. The van der Waals surface area contributed by atoms with Crippen molar-refractivity contribution >= 4 is 58.7 Å². The molecule has 0 radical (unpaired) electrons. The predicted octanol–water partition coefficient (Wildman–Crippen LogP) is -1.28. The van der Waals surface area contributed by atoms with Crippen molar-refractivity contribution in [3.8, 4) is 0 Å². The molecule has 13 heteroatoms. The topological polar surface area (TPSA) is 179 Å². The zero-order valence-corrected chi connectivity index (χ0v) is 15.2. The number of aliphatic hydroxyl groups excluding tert-OH is 1. The van der Waals surface area contributed by atoms with E-state index in [-0.39, 0.29) is 18.6 Å². The fraction of sp³-hybridized carbons (Fsp3) is 0.667. The van der Waals surface area contributed by atoms with Gasteiger partial charge in [-0.2, -0.15) is 0 Å². The third-order valence-corrected chi connectivity index (χ3v) is 4.63. The van der Waals surface area contributed by atoms with E-state index in [4.69, 9.17) is 39.1 Å². The average molecular weight is 420 g/mol. The molecule has 3 atom stereocenters. The maximum Gasteiger partial charge on any atom is 0.322 e. The average Bonchev–Trinajstić information content (AvgIpc) is 2.53. The number of rotatable bonds is 12. The van der Waals surface area contributed by atoms with Crippen LogP contribution in [0.15, 0.2) is 0 Å². The van der Waals surface area contributed by atoms with E-state index in [1.165, 1.54) is 0 Å². The minimum atomic E-state index is -1.28. The van der Waals surface area contributed by atoms with Crippen LogP contribution in [0.25, 0.3) is 0 Å². The highest BCUT2D eigenvalue weighted by Crippen LogP contribution is 2.20. The van der Waals surface area contributed by atoms with E-state index >= 15 is 0 Å². The van der Waals surface area contributed by atoms with E-state index in [9.17, 15) is 24.3 Å². The van der Waals surface area contributed by atoms with Crippen molar-refractivity contribution in [2.75, 3.05) is 12.3 Å². The Bertz CT molecular complexity index is 495. The Hall–Kier alpha value is -1.27. The predicted molar refractivity (Wildman–Crippen MR) is 91.4 cm³/mol. The van der Waals surface area contributed by atoms with Crippen LogP contribution in [0.2, 0.25) is 0 Å². The van der Waals surface area contributed by atoms with Crippen molar-refractivity contribution < 1.29 is 34.5 Å². The number of amides is 2. The van der Waals surface area contributed by atoms with E-state index in [2.05, 4.69) is 10.6 Å². The Balaban J connectivity index is 4.69. The molecule has 7 N–H and O–H groups in total. The number of nitrogens with two attached hydrogens (primary N) is 1. The molecule has 3 unspecified atom stereocenters. The highest BCUT2D eigenvalue weighted by atomic mass is 35.5. The lowest BCUT2D eigenvalue weighted by molar-refractivity contribution is -0.139. The number of nitrogens with one attached hydrogen (secondary N) is 2. The number of carbonyl (C=O) groups is 4. The highest BCUT2D eigenvalue weighted by Gasteiger charge is 2.25. The van der Waals surface area contributed by atoms with Crippen molar-refractivity contribution in [1.82, 2.24) is 10.6 Å². The summed E-state index contributed by atoms with van der Waals surface area (Å²) in [6.07, 6.45) is -0.400. The van der Waals surface area contributed by atoms with Gasteiger partial charge < -0.3 is 31.7 Å². The van der Waals surface area contributed by atoms with E-state index < -0.39 is 52.7 Å². The number of carboxylic acids is 2. The number of aliphatic carboxylic acids is 2. The summed E-state index contributed by atoms with van der Waals surface area (Å²) in [6.45, 7) is -0.657. The number of carbonyl (C=O) groups excluding carboxylic acids is 2. The molecule has 0 heterocycles. The molecule has 2 amide bonds. The van der Waals surface area contributed by atoms with Gasteiger partial charge in [0, 0.05) is 12.2 Å². The van der Waals surface area contributed by atoms with Crippen molar-refractivity contribution in [1.29, 1.82) is 0 Å². The standard InChI is InChI=1S/C12H19Cl2N3O7S/c13-9(14)12(24)25-4-6(10(21)16-3-8(19)20)17-7(18)2-1-5(15)11(22)23/h5-6,9,12,24H,1-4,15H2,(H,16,21)(H,17,18)(H,19,20)(H,22,23). The van der Waals surface area contributed by atoms with Crippen LogP contribution in [0.5, 0.6) is 0 Å². The first-order chi connectivity index (χ1) is 11.5. The van der Waals surface area contributed by atoms with Gasteiger partial charge in [0.05, 0.1) is 0 Å². The fourth-order valence-electron chi connectivity index (χ4n) is 1.41. The van der Waals surface area contributed by atoms with Crippen LogP contribution in [-0.4, -0.2) is 73.7 Å². The molecular formula is C12H19Cl2N3O7S. The van der Waals surface area contributed by atoms with E-state index in [0.29, 0.717) is 0 Å². The molecule has 0 aromatic rings. The Morgan fingerprint density at radius 1 is 1.16 bits per heavy atom. The molecule has 0 rings (SSSR count). The number of carboxylic acid groups (broad SMARTS) is 2.